The number of hydrogen-bond donors (Lipinski definition) is 1. The van der Waals surface area contributed by atoms with Gasteiger partial charge in [0.2, 0.25) is 11.8 Å². The third-order valence-electron chi connectivity index (χ3n) is 4.10. The maximum Gasteiger partial charge on any atom is 0.243 e. The Labute approximate surface area is 171 Å². The van der Waals surface area contributed by atoms with Gasteiger partial charge >= 0.3 is 0 Å². The van der Waals surface area contributed by atoms with Crippen LogP contribution in [0.3, 0.4) is 0 Å². The number of allylic oxidation sites excluding steroid dienone is 3. The fourth-order valence-electron chi connectivity index (χ4n) is 2.48. The second-order valence-electron chi connectivity index (χ2n) is 6.46. The standard InChI is InChI=1S/C21H27ClFN3O2/c1-6-9-16(5)25(7-2)14-20(28)26(15(3)4)13-19(27)24-12-17-10-8-11-18(22)21(17)23/h6-11,15H,1-2,12-14H2,3-5H3,(H,24,27)/b16-9+. The summed E-state index contributed by atoms with van der Waals surface area (Å²) in [4.78, 5) is 28.1. The van der Waals surface area contributed by atoms with E-state index in [1.807, 2.05) is 20.8 Å². The Bertz CT molecular complexity index is 762. The molecule has 1 aromatic carbocycles. The van der Waals surface area contributed by atoms with E-state index in [9.17, 15) is 14.0 Å². The minimum Gasteiger partial charge on any atom is -0.350 e. The number of carbonyl (C=O) groups is 2. The van der Waals surface area contributed by atoms with Crippen LogP contribution in [-0.2, 0) is 16.1 Å². The van der Waals surface area contributed by atoms with Gasteiger partial charge in [-0.05, 0) is 39.1 Å². The lowest BCUT2D eigenvalue weighted by Crippen LogP contribution is -2.47. The van der Waals surface area contributed by atoms with Crippen LogP contribution in [0.25, 0.3) is 0 Å². The molecule has 0 unspecified atom stereocenters. The second kappa shape index (κ2) is 11.3. The maximum atomic E-state index is 13.9. The molecule has 0 saturated carbocycles. The van der Waals surface area contributed by atoms with Crippen molar-refractivity contribution in [2.24, 2.45) is 0 Å². The van der Waals surface area contributed by atoms with E-state index < -0.39 is 5.82 Å². The number of amides is 2. The summed E-state index contributed by atoms with van der Waals surface area (Å²) in [5, 5.41) is 2.63. The summed E-state index contributed by atoms with van der Waals surface area (Å²) in [7, 11) is 0. The zero-order chi connectivity index (χ0) is 21.3. The SMILES string of the molecule is C=C/C=C(\C)N(C=C)CC(=O)N(CC(=O)NCc1cccc(Cl)c1F)C(C)C. The molecule has 0 spiro atoms. The first kappa shape index (κ1) is 23.4. The third-order valence-corrected chi connectivity index (χ3v) is 4.40. The van der Waals surface area contributed by atoms with Crippen LogP contribution in [0.5, 0.6) is 0 Å². The van der Waals surface area contributed by atoms with Crippen molar-refractivity contribution in [3.8, 4) is 0 Å². The van der Waals surface area contributed by atoms with Crippen LogP contribution in [0.2, 0.25) is 5.02 Å². The van der Waals surface area contributed by atoms with Gasteiger partial charge in [0, 0.05) is 23.8 Å². The van der Waals surface area contributed by atoms with Gasteiger partial charge in [0.05, 0.1) is 11.6 Å². The summed E-state index contributed by atoms with van der Waals surface area (Å²) in [6.45, 7) is 12.7. The van der Waals surface area contributed by atoms with Gasteiger partial charge in [-0.1, -0.05) is 43.0 Å². The van der Waals surface area contributed by atoms with Crippen LogP contribution in [0.4, 0.5) is 4.39 Å². The van der Waals surface area contributed by atoms with Crippen LogP contribution >= 0.6 is 11.6 Å². The Hall–Kier alpha value is -2.60. The number of nitrogens with zero attached hydrogens (tertiary/aromatic N) is 2. The minimum absolute atomic E-state index is 0.00167. The first-order valence-electron chi connectivity index (χ1n) is 8.88. The number of hydrogen-bond acceptors (Lipinski definition) is 3. The van der Waals surface area contributed by atoms with Gasteiger partial charge in [-0.25, -0.2) is 4.39 Å². The van der Waals surface area contributed by atoms with E-state index in [2.05, 4.69) is 18.5 Å². The molecule has 0 fully saturated rings. The lowest BCUT2D eigenvalue weighted by Gasteiger charge is -2.29. The fraction of sp³-hybridized carbons (Fsp3) is 0.333. The Morgan fingerprint density at radius 2 is 1.96 bits per heavy atom. The van der Waals surface area contributed by atoms with Gasteiger partial charge in [0.15, 0.2) is 0 Å². The Morgan fingerprint density at radius 1 is 1.29 bits per heavy atom. The van der Waals surface area contributed by atoms with Crippen LogP contribution in [0.15, 0.2) is 55.4 Å². The van der Waals surface area contributed by atoms with Crippen molar-refractivity contribution in [1.82, 2.24) is 15.1 Å². The molecule has 5 nitrogen and oxygen atoms in total. The molecule has 0 heterocycles. The molecular formula is C21H27ClFN3O2. The Morgan fingerprint density at radius 3 is 2.54 bits per heavy atom. The summed E-state index contributed by atoms with van der Waals surface area (Å²) in [5.41, 5.74) is 1.09. The van der Waals surface area contributed by atoms with E-state index in [0.717, 1.165) is 5.70 Å². The van der Waals surface area contributed by atoms with Gasteiger partial charge in [0.25, 0.3) is 0 Å². The minimum atomic E-state index is -0.563. The molecule has 0 aliphatic heterocycles. The van der Waals surface area contributed by atoms with Crippen molar-refractivity contribution in [1.29, 1.82) is 0 Å². The van der Waals surface area contributed by atoms with Crippen molar-refractivity contribution in [2.45, 2.75) is 33.4 Å². The third kappa shape index (κ3) is 6.85. The second-order valence-corrected chi connectivity index (χ2v) is 6.87. The van der Waals surface area contributed by atoms with E-state index in [-0.39, 0.29) is 48.1 Å². The van der Waals surface area contributed by atoms with E-state index >= 15 is 0 Å². The fourth-order valence-corrected chi connectivity index (χ4v) is 2.68. The molecule has 1 aromatic rings. The highest BCUT2D eigenvalue weighted by atomic mass is 35.5. The van der Waals surface area contributed by atoms with Crippen LogP contribution < -0.4 is 5.32 Å². The number of benzene rings is 1. The summed E-state index contributed by atoms with van der Waals surface area (Å²) >= 11 is 5.74. The molecule has 0 bridgehead atoms. The summed E-state index contributed by atoms with van der Waals surface area (Å²) in [5.74, 6) is -1.17. The molecule has 0 aromatic heterocycles. The Kier molecular flexibility index (Phi) is 9.45. The molecule has 0 saturated heterocycles. The van der Waals surface area contributed by atoms with Gasteiger partial charge in [-0.3, -0.25) is 9.59 Å². The number of carbonyl (C=O) groups excluding carboxylic acids is 2. The monoisotopic (exact) mass is 407 g/mol. The number of rotatable bonds is 10. The quantitative estimate of drug-likeness (QED) is 0.599. The molecular weight excluding hydrogens is 381 g/mol. The molecule has 0 atom stereocenters. The molecule has 28 heavy (non-hydrogen) atoms. The molecule has 1 N–H and O–H groups in total. The van der Waals surface area contributed by atoms with Crippen LogP contribution in [0, 0.1) is 5.82 Å². The van der Waals surface area contributed by atoms with Gasteiger partial charge in [-0.15, -0.1) is 0 Å². The molecule has 152 valence electrons. The van der Waals surface area contributed by atoms with Crippen molar-refractivity contribution in [2.75, 3.05) is 13.1 Å². The molecule has 0 aliphatic rings. The predicted octanol–water partition coefficient (Wildman–Crippen LogP) is 3.87. The summed E-state index contributed by atoms with van der Waals surface area (Å²) < 4.78 is 13.9. The van der Waals surface area contributed by atoms with E-state index in [4.69, 9.17) is 11.6 Å². The zero-order valence-corrected chi connectivity index (χ0v) is 17.3. The van der Waals surface area contributed by atoms with Gasteiger partial charge in [-0.2, -0.15) is 0 Å². The normalized spacial score (nSPS) is 11.1. The first-order valence-corrected chi connectivity index (χ1v) is 9.26. The van der Waals surface area contributed by atoms with Gasteiger partial charge < -0.3 is 15.1 Å². The van der Waals surface area contributed by atoms with E-state index in [1.54, 1.807) is 35.4 Å². The summed E-state index contributed by atoms with van der Waals surface area (Å²) in [6.07, 6.45) is 4.94. The van der Waals surface area contributed by atoms with Crippen molar-refractivity contribution in [3.63, 3.8) is 0 Å². The van der Waals surface area contributed by atoms with Crippen molar-refractivity contribution < 1.29 is 14.0 Å². The van der Waals surface area contributed by atoms with Crippen molar-refractivity contribution in [3.05, 3.63) is 71.8 Å². The zero-order valence-electron chi connectivity index (χ0n) is 16.5. The predicted molar refractivity (Wildman–Crippen MR) is 111 cm³/mol. The number of nitrogens with one attached hydrogen (secondary N) is 1. The summed E-state index contributed by atoms with van der Waals surface area (Å²) in [6, 6.07) is 4.41. The maximum absolute atomic E-state index is 13.9. The van der Waals surface area contributed by atoms with E-state index in [1.165, 1.54) is 11.0 Å². The first-order chi connectivity index (χ1) is 13.2. The Balaban J connectivity index is 2.75. The average Bonchev–Trinajstić information content (AvgIpc) is 2.64. The van der Waals surface area contributed by atoms with Gasteiger partial charge in [0.1, 0.15) is 12.4 Å². The smallest absolute Gasteiger partial charge is 0.243 e. The largest absolute Gasteiger partial charge is 0.350 e. The highest BCUT2D eigenvalue weighted by Gasteiger charge is 2.22. The topological polar surface area (TPSA) is 52.7 Å². The van der Waals surface area contributed by atoms with Crippen LogP contribution in [-0.4, -0.2) is 40.7 Å². The highest BCUT2D eigenvalue weighted by Crippen LogP contribution is 2.17. The highest BCUT2D eigenvalue weighted by molar-refractivity contribution is 6.30. The molecule has 0 radical (unpaired) electrons. The molecule has 2 amide bonds. The molecule has 7 heteroatoms. The van der Waals surface area contributed by atoms with E-state index in [0.29, 0.717) is 0 Å². The lowest BCUT2D eigenvalue weighted by atomic mass is 10.2. The molecule has 0 aliphatic carbocycles. The lowest BCUT2D eigenvalue weighted by molar-refractivity contribution is -0.138. The van der Waals surface area contributed by atoms with Crippen LogP contribution in [0.1, 0.15) is 26.3 Å². The van der Waals surface area contributed by atoms with Crippen molar-refractivity contribution >= 4 is 23.4 Å². The number of halogens is 2. The molecule has 1 rings (SSSR count). The average molecular weight is 408 g/mol.